The fourth-order valence-electron chi connectivity index (χ4n) is 3.27. The van der Waals surface area contributed by atoms with E-state index in [4.69, 9.17) is 9.15 Å². The lowest BCUT2D eigenvalue weighted by Gasteiger charge is -2.35. The summed E-state index contributed by atoms with van der Waals surface area (Å²) in [6.45, 7) is 5.39. The molecule has 5 heteroatoms. The second-order valence-corrected chi connectivity index (χ2v) is 5.93. The highest BCUT2D eigenvalue weighted by Crippen LogP contribution is 2.21. The molecule has 1 aromatic heterocycles. The van der Waals surface area contributed by atoms with E-state index in [1.54, 1.807) is 18.6 Å². The van der Waals surface area contributed by atoms with E-state index in [9.17, 15) is 4.79 Å². The third-order valence-corrected chi connectivity index (χ3v) is 4.48. The molecule has 21 heavy (non-hydrogen) atoms. The van der Waals surface area contributed by atoms with E-state index < -0.39 is 0 Å². The molecule has 2 aliphatic heterocycles. The number of morpholine rings is 1. The Hall–Kier alpha value is -1.33. The average Bonchev–Trinajstić information content (AvgIpc) is 2.96. The first-order chi connectivity index (χ1) is 10.3. The molecule has 0 bridgehead atoms. The van der Waals surface area contributed by atoms with Crippen LogP contribution >= 0.6 is 0 Å². The highest BCUT2D eigenvalue weighted by Gasteiger charge is 2.28. The molecular weight excluding hydrogens is 268 g/mol. The fourth-order valence-corrected chi connectivity index (χ4v) is 3.27. The Morgan fingerprint density at radius 1 is 1.19 bits per heavy atom. The second kappa shape index (κ2) is 7.09. The Morgan fingerprint density at radius 2 is 2.05 bits per heavy atom. The maximum atomic E-state index is 12.7. The Balaban J connectivity index is 1.69. The largest absolute Gasteiger partial charge is 0.472 e. The molecule has 2 fully saturated rings. The monoisotopic (exact) mass is 292 g/mol. The zero-order valence-electron chi connectivity index (χ0n) is 12.5. The van der Waals surface area contributed by atoms with Crippen molar-refractivity contribution in [2.75, 3.05) is 39.4 Å². The minimum Gasteiger partial charge on any atom is -0.472 e. The van der Waals surface area contributed by atoms with Crippen LogP contribution in [0.5, 0.6) is 0 Å². The van der Waals surface area contributed by atoms with Gasteiger partial charge in [-0.1, -0.05) is 12.8 Å². The van der Waals surface area contributed by atoms with Crippen LogP contribution in [0.3, 0.4) is 0 Å². The fraction of sp³-hybridized carbons (Fsp3) is 0.688. The molecular formula is C16H24N2O3. The molecule has 3 rings (SSSR count). The van der Waals surface area contributed by atoms with Gasteiger partial charge in [-0.15, -0.1) is 0 Å². The van der Waals surface area contributed by atoms with E-state index in [2.05, 4.69) is 9.80 Å². The van der Waals surface area contributed by atoms with Gasteiger partial charge >= 0.3 is 0 Å². The van der Waals surface area contributed by atoms with Gasteiger partial charge in [0.15, 0.2) is 0 Å². The Kier molecular flexibility index (Phi) is 4.93. The number of furan rings is 1. The zero-order valence-corrected chi connectivity index (χ0v) is 12.5. The molecule has 3 heterocycles. The number of rotatable bonds is 3. The summed E-state index contributed by atoms with van der Waals surface area (Å²) < 4.78 is 10.5. The SMILES string of the molecule is O=C(c1ccoc1)N1CCCCCC1CN1CCOCC1. The van der Waals surface area contributed by atoms with E-state index >= 15 is 0 Å². The summed E-state index contributed by atoms with van der Waals surface area (Å²) >= 11 is 0. The van der Waals surface area contributed by atoms with Crippen molar-refractivity contribution >= 4 is 5.91 Å². The molecule has 0 aromatic carbocycles. The van der Waals surface area contributed by atoms with Crippen LogP contribution in [-0.2, 0) is 4.74 Å². The number of carbonyl (C=O) groups is 1. The van der Waals surface area contributed by atoms with E-state index in [1.165, 1.54) is 12.8 Å². The molecule has 0 saturated carbocycles. The molecule has 0 N–H and O–H groups in total. The number of hydrogen-bond donors (Lipinski definition) is 0. The molecule has 116 valence electrons. The maximum Gasteiger partial charge on any atom is 0.257 e. The topological polar surface area (TPSA) is 45.9 Å². The van der Waals surface area contributed by atoms with Crippen LogP contribution in [0, 0.1) is 0 Å². The van der Waals surface area contributed by atoms with Gasteiger partial charge in [-0.2, -0.15) is 0 Å². The van der Waals surface area contributed by atoms with Crippen LogP contribution < -0.4 is 0 Å². The minimum absolute atomic E-state index is 0.115. The van der Waals surface area contributed by atoms with Gasteiger partial charge in [0.25, 0.3) is 5.91 Å². The number of carbonyl (C=O) groups excluding carboxylic acids is 1. The van der Waals surface area contributed by atoms with Crippen LogP contribution in [0.1, 0.15) is 36.0 Å². The van der Waals surface area contributed by atoms with Crippen molar-refractivity contribution in [3.8, 4) is 0 Å². The third kappa shape index (κ3) is 3.66. The summed E-state index contributed by atoms with van der Waals surface area (Å²) in [6.07, 6.45) is 7.75. The van der Waals surface area contributed by atoms with Crippen LogP contribution in [0.4, 0.5) is 0 Å². The molecule has 1 aromatic rings. The van der Waals surface area contributed by atoms with Crippen molar-refractivity contribution in [2.45, 2.75) is 31.7 Å². The summed E-state index contributed by atoms with van der Waals surface area (Å²) in [4.78, 5) is 17.2. The third-order valence-electron chi connectivity index (χ3n) is 4.48. The van der Waals surface area contributed by atoms with Gasteiger partial charge in [0.2, 0.25) is 0 Å². The zero-order chi connectivity index (χ0) is 14.5. The van der Waals surface area contributed by atoms with Crippen LogP contribution in [0.2, 0.25) is 0 Å². The number of likely N-dealkylation sites (tertiary alicyclic amines) is 1. The first kappa shape index (κ1) is 14.6. The van der Waals surface area contributed by atoms with Gasteiger partial charge in [-0.3, -0.25) is 9.69 Å². The summed E-state index contributed by atoms with van der Waals surface area (Å²) in [5, 5.41) is 0. The quantitative estimate of drug-likeness (QED) is 0.855. The summed E-state index contributed by atoms with van der Waals surface area (Å²) in [5.41, 5.74) is 0.670. The predicted octanol–water partition coefficient (Wildman–Crippen LogP) is 2.00. The van der Waals surface area contributed by atoms with E-state index in [0.717, 1.165) is 52.2 Å². The Morgan fingerprint density at radius 3 is 2.81 bits per heavy atom. The van der Waals surface area contributed by atoms with Crippen molar-refractivity contribution in [1.29, 1.82) is 0 Å². The van der Waals surface area contributed by atoms with Gasteiger partial charge < -0.3 is 14.1 Å². The van der Waals surface area contributed by atoms with Gasteiger partial charge in [0.1, 0.15) is 6.26 Å². The first-order valence-electron chi connectivity index (χ1n) is 7.98. The van der Waals surface area contributed by atoms with E-state index in [1.807, 2.05) is 0 Å². The molecule has 2 aliphatic rings. The molecule has 0 aliphatic carbocycles. The normalized spacial score (nSPS) is 24.8. The lowest BCUT2D eigenvalue weighted by molar-refractivity contribution is 0.0218. The lowest BCUT2D eigenvalue weighted by Crippen LogP contribution is -2.49. The summed E-state index contributed by atoms with van der Waals surface area (Å²) in [5.74, 6) is 0.115. The summed E-state index contributed by atoms with van der Waals surface area (Å²) in [6, 6.07) is 2.08. The minimum atomic E-state index is 0.115. The number of amides is 1. The van der Waals surface area contributed by atoms with Crippen molar-refractivity contribution < 1.29 is 13.9 Å². The number of ether oxygens (including phenoxy) is 1. The van der Waals surface area contributed by atoms with Gasteiger partial charge in [0.05, 0.1) is 25.0 Å². The highest BCUT2D eigenvalue weighted by atomic mass is 16.5. The molecule has 0 spiro atoms. The van der Waals surface area contributed by atoms with Crippen LogP contribution in [0.25, 0.3) is 0 Å². The highest BCUT2D eigenvalue weighted by molar-refractivity contribution is 5.94. The van der Waals surface area contributed by atoms with Crippen LogP contribution in [-0.4, -0.2) is 61.1 Å². The van der Waals surface area contributed by atoms with Crippen LogP contribution in [0.15, 0.2) is 23.0 Å². The predicted molar refractivity (Wildman–Crippen MR) is 79.3 cm³/mol. The van der Waals surface area contributed by atoms with Gasteiger partial charge in [0, 0.05) is 32.2 Å². The molecule has 1 amide bonds. The Labute approximate surface area is 125 Å². The average molecular weight is 292 g/mol. The van der Waals surface area contributed by atoms with Crippen molar-refractivity contribution in [3.05, 3.63) is 24.2 Å². The number of hydrogen-bond acceptors (Lipinski definition) is 4. The standard InChI is InChI=1S/C16H24N2O3/c19-16(14-5-9-21-13-14)18-6-3-1-2-4-15(18)12-17-7-10-20-11-8-17/h5,9,13,15H,1-4,6-8,10-12H2. The molecule has 1 atom stereocenters. The van der Waals surface area contributed by atoms with Crippen molar-refractivity contribution in [3.63, 3.8) is 0 Å². The summed E-state index contributed by atoms with van der Waals surface area (Å²) in [7, 11) is 0. The molecule has 5 nitrogen and oxygen atoms in total. The van der Waals surface area contributed by atoms with Crippen molar-refractivity contribution in [2.24, 2.45) is 0 Å². The van der Waals surface area contributed by atoms with Gasteiger partial charge in [-0.05, 0) is 18.9 Å². The van der Waals surface area contributed by atoms with E-state index in [0.29, 0.717) is 11.6 Å². The molecule has 2 saturated heterocycles. The van der Waals surface area contributed by atoms with Gasteiger partial charge in [-0.25, -0.2) is 0 Å². The van der Waals surface area contributed by atoms with E-state index in [-0.39, 0.29) is 5.91 Å². The first-order valence-corrected chi connectivity index (χ1v) is 7.98. The lowest BCUT2D eigenvalue weighted by atomic mass is 10.1. The smallest absolute Gasteiger partial charge is 0.257 e. The Bertz CT molecular complexity index is 440. The molecule has 0 radical (unpaired) electrons. The number of nitrogens with zero attached hydrogens (tertiary/aromatic N) is 2. The second-order valence-electron chi connectivity index (χ2n) is 5.93. The maximum absolute atomic E-state index is 12.7. The van der Waals surface area contributed by atoms with Crippen molar-refractivity contribution in [1.82, 2.24) is 9.80 Å². The molecule has 1 unspecified atom stereocenters.